The molecule has 1 aliphatic heterocycles. The van der Waals surface area contributed by atoms with Crippen LogP contribution in [0.25, 0.3) is 0 Å². The predicted octanol–water partition coefficient (Wildman–Crippen LogP) is 2.28. The molecule has 1 aromatic rings. The Morgan fingerprint density at radius 1 is 1.24 bits per heavy atom. The molecular formula is C18H23N3O4. The van der Waals surface area contributed by atoms with E-state index in [9.17, 15) is 14.4 Å². The van der Waals surface area contributed by atoms with Crippen LogP contribution < -0.4 is 15.4 Å². The van der Waals surface area contributed by atoms with Crippen molar-refractivity contribution < 1.29 is 19.1 Å². The molecule has 0 radical (unpaired) electrons. The summed E-state index contributed by atoms with van der Waals surface area (Å²) in [5, 5.41) is 5.60. The molecule has 7 nitrogen and oxygen atoms in total. The van der Waals surface area contributed by atoms with Gasteiger partial charge < -0.3 is 15.4 Å². The smallest absolute Gasteiger partial charge is 0.325 e. The van der Waals surface area contributed by atoms with Crippen molar-refractivity contribution >= 4 is 23.5 Å². The highest BCUT2D eigenvalue weighted by Gasteiger charge is 2.51. The van der Waals surface area contributed by atoms with Gasteiger partial charge >= 0.3 is 6.03 Å². The SMILES string of the molecule is COc1ccccc1NC(=O)CCN1C(=O)NC2(CCCCC2)C1=O. The van der Waals surface area contributed by atoms with E-state index in [0.29, 0.717) is 24.3 Å². The summed E-state index contributed by atoms with van der Waals surface area (Å²) in [5.41, 5.74) is -0.176. The van der Waals surface area contributed by atoms with Crippen molar-refractivity contribution in [3.05, 3.63) is 24.3 Å². The molecule has 0 atom stereocenters. The first-order valence-corrected chi connectivity index (χ1v) is 8.63. The van der Waals surface area contributed by atoms with E-state index in [1.54, 1.807) is 18.2 Å². The van der Waals surface area contributed by atoms with Gasteiger partial charge in [-0.25, -0.2) is 4.79 Å². The largest absolute Gasteiger partial charge is 0.495 e. The predicted molar refractivity (Wildman–Crippen MR) is 92.3 cm³/mol. The summed E-state index contributed by atoms with van der Waals surface area (Å²) in [4.78, 5) is 38.2. The van der Waals surface area contributed by atoms with E-state index in [2.05, 4.69) is 10.6 Å². The quantitative estimate of drug-likeness (QED) is 0.802. The van der Waals surface area contributed by atoms with Gasteiger partial charge in [0.15, 0.2) is 0 Å². The summed E-state index contributed by atoms with van der Waals surface area (Å²) >= 11 is 0. The molecule has 0 aromatic heterocycles. The van der Waals surface area contributed by atoms with Crippen molar-refractivity contribution in [3.8, 4) is 5.75 Å². The molecule has 4 amide bonds. The van der Waals surface area contributed by atoms with Gasteiger partial charge in [0.05, 0.1) is 12.8 Å². The number of para-hydroxylation sites is 2. The zero-order chi connectivity index (χ0) is 17.9. The minimum Gasteiger partial charge on any atom is -0.495 e. The third-order valence-electron chi connectivity index (χ3n) is 4.90. The zero-order valence-corrected chi connectivity index (χ0v) is 14.3. The van der Waals surface area contributed by atoms with Crippen LogP contribution in [-0.4, -0.2) is 41.9 Å². The Morgan fingerprint density at radius 3 is 2.68 bits per heavy atom. The number of anilines is 1. The maximum atomic E-state index is 12.7. The fraction of sp³-hybridized carbons (Fsp3) is 0.500. The van der Waals surface area contributed by atoms with E-state index >= 15 is 0 Å². The van der Waals surface area contributed by atoms with Crippen LogP contribution in [0.3, 0.4) is 0 Å². The molecule has 1 saturated heterocycles. The second-order valence-electron chi connectivity index (χ2n) is 6.53. The number of carbonyl (C=O) groups excluding carboxylic acids is 3. The normalized spacial score (nSPS) is 19.0. The first kappa shape index (κ1) is 17.3. The number of hydrogen-bond acceptors (Lipinski definition) is 4. The molecule has 1 aliphatic carbocycles. The van der Waals surface area contributed by atoms with E-state index in [-0.39, 0.29) is 24.8 Å². The van der Waals surface area contributed by atoms with Gasteiger partial charge in [-0.2, -0.15) is 0 Å². The van der Waals surface area contributed by atoms with Crippen LogP contribution in [0.1, 0.15) is 38.5 Å². The lowest BCUT2D eigenvalue weighted by Gasteiger charge is -2.30. The zero-order valence-electron chi connectivity index (χ0n) is 14.3. The highest BCUT2D eigenvalue weighted by Crippen LogP contribution is 2.33. The molecule has 7 heteroatoms. The van der Waals surface area contributed by atoms with Gasteiger partial charge in [-0.1, -0.05) is 31.4 Å². The first-order valence-electron chi connectivity index (χ1n) is 8.63. The van der Waals surface area contributed by atoms with Gasteiger partial charge in [-0.3, -0.25) is 14.5 Å². The maximum absolute atomic E-state index is 12.7. The van der Waals surface area contributed by atoms with Crippen molar-refractivity contribution in [2.75, 3.05) is 19.0 Å². The standard InChI is InChI=1S/C18H23N3O4/c1-25-14-8-4-3-7-13(14)19-15(22)9-12-21-16(23)18(20-17(21)24)10-5-2-6-11-18/h3-4,7-8H,2,5-6,9-12H2,1H3,(H,19,22)(H,20,24). The number of hydrogen-bond donors (Lipinski definition) is 2. The Bertz CT molecular complexity index is 683. The number of nitrogens with one attached hydrogen (secondary N) is 2. The molecule has 0 unspecified atom stereocenters. The second kappa shape index (κ2) is 7.13. The number of nitrogens with zero attached hydrogens (tertiary/aromatic N) is 1. The molecule has 25 heavy (non-hydrogen) atoms. The number of methoxy groups -OCH3 is 1. The Labute approximate surface area is 146 Å². The highest BCUT2D eigenvalue weighted by molar-refractivity contribution is 6.07. The second-order valence-corrected chi connectivity index (χ2v) is 6.53. The van der Waals surface area contributed by atoms with Crippen LogP contribution in [0.4, 0.5) is 10.5 Å². The monoisotopic (exact) mass is 345 g/mol. The lowest BCUT2D eigenvalue weighted by atomic mass is 9.82. The van der Waals surface area contributed by atoms with Gasteiger partial charge in [-0.05, 0) is 25.0 Å². The summed E-state index contributed by atoms with van der Waals surface area (Å²) in [5.74, 6) is 0.101. The molecule has 134 valence electrons. The Morgan fingerprint density at radius 2 is 1.96 bits per heavy atom. The summed E-state index contributed by atoms with van der Waals surface area (Å²) in [6.45, 7) is 0.0768. The van der Waals surface area contributed by atoms with Crippen LogP contribution >= 0.6 is 0 Å². The first-order chi connectivity index (χ1) is 12.1. The minimum absolute atomic E-state index is 0.0489. The molecule has 1 spiro atoms. The average Bonchev–Trinajstić information content (AvgIpc) is 2.84. The molecule has 2 N–H and O–H groups in total. The van der Waals surface area contributed by atoms with Crippen LogP contribution in [0, 0.1) is 0 Å². The number of benzene rings is 1. The maximum Gasteiger partial charge on any atom is 0.325 e. The van der Waals surface area contributed by atoms with Crippen molar-refractivity contribution in [1.82, 2.24) is 10.2 Å². The van der Waals surface area contributed by atoms with Crippen LogP contribution in [0.15, 0.2) is 24.3 Å². The van der Waals surface area contributed by atoms with Crippen molar-refractivity contribution in [3.63, 3.8) is 0 Å². The number of amides is 4. The van der Waals surface area contributed by atoms with Gasteiger partial charge in [0.1, 0.15) is 11.3 Å². The Hall–Kier alpha value is -2.57. The lowest BCUT2D eigenvalue weighted by Crippen LogP contribution is -2.48. The molecule has 3 rings (SSSR count). The van der Waals surface area contributed by atoms with Gasteiger partial charge in [-0.15, -0.1) is 0 Å². The van der Waals surface area contributed by atoms with Crippen molar-refractivity contribution in [2.24, 2.45) is 0 Å². The lowest BCUT2D eigenvalue weighted by molar-refractivity contribution is -0.132. The van der Waals surface area contributed by atoms with E-state index < -0.39 is 11.6 Å². The molecule has 2 aliphatic rings. The van der Waals surface area contributed by atoms with Gasteiger partial charge in [0, 0.05) is 13.0 Å². The van der Waals surface area contributed by atoms with Crippen molar-refractivity contribution in [2.45, 2.75) is 44.1 Å². The summed E-state index contributed by atoms with van der Waals surface area (Å²) in [6.07, 6.45) is 4.38. The van der Waals surface area contributed by atoms with Crippen LogP contribution in [0.2, 0.25) is 0 Å². The molecule has 0 bridgehead atoms. The number of carbonyl (C=O) groups is 3. The Balaban J connectivity index is 1.58. The van der Waals surface area contributed by atoms with E-state index in [4.69, 9.17) is 4.74 Å². The van der Waals surface area contributed by atoms with Gasteiger partial charge in [0.25, 0.3) is 5.91 Å². The fourth-order valence-electron chi connectivity index (χ4n) is 3.55. The van der Waals surface area contributed by atoms with Crippen molar-refractivity contribution in [1.29, 1.82) is 0 Å². The molecule has 2 fully saturated rings. The number of imide groups is 1. The topological polar surface area (TPSA) is 87.7 Å². The third-order valence-corrected chi connectivity index (χ3v) is 4.90. The molecule has 1 saturated carbocycles. The van der Waals surface area contributed by atoms with E-state index in [1.165, 1.54) is 12.0 Å². The molecule has 1 aromatic carbocycles. The summed E-state index contributed by atoms with van der Waals surface area (Å²) < 4.78 is 5.19. The number of urea groups is 1. The highest BCUT2D eigenvalue weighted by atomic mass is 16.5. The van der Waals surface area contributed by atoms with Crippen LogP contribution in [0.5, 0.6) is 5.75 Å². The van der Waals surface area contributed by atoms with Gasteiger partial charge in [0.2, 0.25) is 5.91 Å². The van der Waals surface area contributed by atoms with Crippen LogP contribution in [-0.2, 0) is 9.59 Å². The molecular weight excluding hydrogens is 322 g/mol. The van der Waals surface area contributed by atoms with E-state index in [1.807, 2.05) is 6.07 Å². The summed E-state index contributed by atoms with van der Waals surface area (Å²) in [6, 6.07) is 6.70. The minimum atomic E-state index is -0.742. The number of rotatable bonds is 5. The average molecular weight is 345 g/mol. The Kier molecular flexibility index (Phi) is 4.92. The summed E-state index contributed by atoms with van der Waals surface area (Å²) in [7, 11) is 1.53. The third kappa shape index (κ3) is 3.45. The number of ether oxygens (including phenoxy) is 1. The molecule has 1 heterocycles. The van der Waals surface area contributed by atoms with E-state index in [0.717, 1.165) is 19.3 Å². The fourth-order valence-corrected chi connectivity index (χ4v) is 3.55.